The molecule has 1 N–H and O–H groups in total. The van der Waals surface area contributed by atoms with Crippen LogP contribution in [0.2, 0.25) is 0 Å². The van der Waals surface area contributed by atoms with E-state index in [1.807, 2.05) is 24.3 Å². The van der Waals surface area contributed by atoms with E-state index >= 15 is 0 Å². The van der Waals surface area contributed by atoms with Crippen molar-refractivity contribution in [3.8, 4) is 0 Å². The van der Waals surface area contributed by atoms with E-state index in [9.17, 15) is 8.42 Å². The maximum atomic E-state index is 11.8. The summed E-state index contributed by atoms with van der Waals surface area (Å²) in [6.07, 6.45) is 0.271. The van der Waals surface area contributed by atoms with Crippen LogP contribution >= 0.6 is 15.9 Å². The highest BCUT2D eigenvalue weighted by molar-refractivity contribution is 9.10. The van der Waals surface area contributed by atoms with Crippen LogP contribution < -0.4 is 0 Å². The molecule has 0 heterocycles. The van der Waals surface area contributed by atoms with Gasteiger partial charge in [-0.1, -0.05) is 28.1 Å². The minimum atomic E-state index is -3.27. The molecule has 0 atom stereocenters. The first kappa shape index (κ1) is 14.6. The Morgan fingerprint density at radius 3 is 2.41 bits per heavy atom. The second kappa shape index (κ2) is 6.49. The number of hydrogen-bond donors (Lipinski definition) is 1. The maximum absolute atomic E-state index is 11.8. The number of aliphatic hydroxyl groups excluding tert-OH is 1. The molecule has 0 aliphatic carbocycles. The van der Waals surface area contributed by atoms with E-state index in [0.717, 1.165) is 10.0 Å². The Morgan fingerprint density at radius 2 is 1.88 bits per heavy atom. The standard InChI is InChI=1S/C11H16BrNO3S/c1-13(17(15,16)8-2-7-14)9-10-3-5-11(12)6-4-10/h3-6,14H,2,7-9H2,1H3. The minimum Gasteiger partial charge on any atom is -0.396 e. The average molecular weight is 322 g/mol. The fourth-order valence-corrected chi connectivity index (χ4v) is 2.76. The Balaban J connectivity index is 2.65. The molecule has 0 unspecified atom stereocenters. The van der Waals surface area contributed by atoms with E-state index in [-0.39, 0.29) is 18.8 Å². The molecule has 17 heavy (non-hydrogen) atoms. The van der Waals surface area contributed by atoms with Gasteiger partial charge in [-0.3, -0.25) is 0 Å². The Labute approximate surface area is 110 Å². The largest absolute Gasteiger partial charge is 0.396 e. The minimum absolute atomic E-state index is 0.0173. The zero-order valence-electron chi connectivity index (χ0n) is 9.63. The molecule has 0 aliphatic rings. The SMILES string of the molecule is CN(Cc1ccc(Br)cc1)S(=O)(=O)CCCO. The van der Waals surface area contributed by atoms with E-state index in [1.165, 1.54) is 4.31 Å². The Hall–Kier alpha value is -0.430. The van der Waals surface area contributed by atoms with Crippen LogP contribution in [0.25, 0.3) is 0 Å². The summed E-state index contributed by atoms with van der Waals surface area (Å²) in [4.78, 5) is 0. The van der Waals surface area contributed by atoms with E-state index in [2.05, 4.69) is 15.9 Å². The zero-order valence-corrected chi connectivity index (χ0v) is 12.0. The van der Waals surface area contributed by atoms with Gasteiger partial charge in [0, 0.05) is 24.7 Å². The van der Waals surface area contributed by atoms with Crippen molar-refractivity contribution in [3.63, 3.8) is 0 Å². The van der Waals surface area contributed by atoms with Crippen molar-refractivity contribution in [1.82, 2.24) is 4.31 Å². The lowest BCUT2D eigenvalue weighted by molar-refractivity contribution is 0.294. The molecular formula is C11H16BrNO3S. The first-order valence-corrected chi connectivity index (χ1v) is 7.65. The number of nitrogens with zero attached hydrogens (tertiary/aromatic N) is 1. The van der Waals surface area contributed by atoms with Crippen LogP contribution in [0, 0.1) is 0 Å². The lowest BCUT2D eigenvalue weighted by atomic mass is 10.2. The second-order valence-corrected chi connectivity index (χ2v) is 6.89. The molecule has 1 aromatic rings. The summed E-state index contributed by atoms with van der Waals surface area (Å²) in [5.74, 6) is -0.0173. The van der Waals surface area contributed by atoms with Crippen molar-refractivity contribution < 1.29 is 13.5 Å². The van der Waals surface area contributed by atoms with Crippen LogP contribution in [0.1, 0.15) is 12.0 Å². The Morgan fingerprint density at radius 1 is 1.29 bits per heavy atom. The maximum Gasteiger partial charge on any atom is 0.214 e. The van der Waals surface area contributed by atoms with Crippen LogP contribution in [0.5, 0.6) is 0 Å². The molecule has 1 aromatic carbocycles. The van der Waals surface area contributed by atoms with Crippen LogP contribution in [0.4, 0.5) is 0 Å². The second-order valence-electron chi connectivity index (χ2n) is 3.78. The molecule has 96 valence electrons. The van der Waals surface area contributed by atoms with Gasteiger partial charge in [-0.15, -0.1) is 0 Å². The van der Waals surface area contributed by atoms with Gasteiger partial charge in [0.05, 0.1) is 5.75 Å². The van der Waals surface area contributed by atoms with Crippen LogP contribution in [-0.4, -0.2) is 37.2 Å². The number of halogens is 1. The summed E-state index contributed by atoms with van der Waals surface area (Å²) in [6, 6.07) is 7.51. The number of sulfonamides is 1. The van der Waals surface area contributed by atoms with Crippen molar-refractivity contribution in [1.29, 1.82) is 0 Å². The molecule has 0 saturated heterocycles. The number of aliphatic hydroxyl groups is 1. The summed E-state index contributed by atoms with van der Waals surface area (Å²) in [6.45, 7) is 0.242. The number of hydrogen-bond acceptors (Lipinski definition) is 3. The fraction of sp³-hybridized carbons (Fsp3) is 0.455. The van der Waals surface area contributed by atoms with Gasteiger partial charge in [0.1, 0.15) is 0 Å². The molecule has 1 rings (SSSR count). The molecular weight excluding hydrogens is 306 g/mol. The predicted octanol–water partition coefficient (Wildman–Crippen LogP) is 1.59. The first-order chi connectivity index (χ1) is 7.95. The molecule has 6 heteroatoms. The van der Waals surface area contributed by atoms with E-state index in [4.69, 9.17) is 5.11 Å². The van der Waals surface area contributed by atoms with E-state index < -0.39 is 10.0 Å². The van der Waals surface area contributed by atoms with Gasteiger partial charge in [-0.05, 0) is 24.1 Å². The lowest BCUT2D eigenvalue weighted by Gasteiger charge is -2.16. The van der Waals surface area contributed by atoms with Gasteiger partial charge >= 0.3 is 0 Å². The van der Waals surface area contributed by atoms with Crippen LogP contribution in [0.15, 0.2) is 28.7 Å². The lowest BCUT2D eigenvalue weighted by Crippen LogP contribution is -2.29. The van der Waals surface area contributed by atoms with Gasteiger partial charge in [-0.2, -0.15) is 0 Å². The van der Waals surface area contributed by atoms with Gasteiger partial charge in [0.25, 0.3) is 0 Å². The Kier molecular flexibility index (Phi) is 5.58. The summed E-state index contributed by atoms with van der Waals surface area (Å²) >= 11 is 3.33. The summed E-state index contributed by atoms with van der Waals surface area (Å²) < 4.78 is 25.8. The molecule has 0 fully saturated rings. The smallest absolute Gasteiger partial charge is 0.214 e. The predicted molar refractivity (Wildman–Crippen MR) is 71.1 cm³/mol. The quantitative estimate of drug-likeness (QED) is 0.865. The zero-order chi connectivity index (χ0) is 12.9. The van der Waals surface area contributed by atoms with Gasteiger partial charge in [-0.25, -0.2) is 12.7 Å². The fourth-order valence-electron chi connectivity index (χ4n) is 1.35. The van der Waals surface area contributed by atoms with Gasteiger partial charge in [0.2, 0.25) is 10.0 Å². The molecule has 0 spiro atoms. The molecule has 0 aliphatic heterocycles. The molecule has 0 amide bonds. The van der Waals surface area contributed by atoms with E-state index in [1.54, 1.807) is 7.05 Å². The molecule has 0 saturated carbocycles. The van der Waals surface area contributed by atoms with Gasteiger partial charge < -0.3 is 5.11 Å². The number of rotatable bonds is 6. The van der Waals surface area contributed by atoms with Crippen LogP contribution in [0.3, 0.4) is 0 Å². The highest BCUT2D eigenvalue weighted by Crippen LogP contribution is 2.13. The summed E-state index contributed by atoms with van der Waals surface area (Å²) in [5.41, 5.74) is 0.934. The monoisotopic (exact) mass is 321 g/mol. The van der Waals surface area contributed by atoms with Crippen LogP contribution in [-0.2, 0) is 16.6 Å². The topological polar surface area (TPSA) is 57.6 Å². The number of benzene rings is 1. The summed E-state index contributed by atoms with van der Waals surface area (Å²) in [7, 11) is -1.72. The molecule has 0 bridgehead atoms. The van der Waals surface area contributed by atoms with Crippen molar-refractivity contribution in [3.05, 3.63) is 34.3 Å². The Bertz CT molecular complexity index is 444. The van der Waals surface area contributed by atoms with Gasteiger partial charge in [0.15, 0.2) is 0 Å². The normalized spacial score (nSPS) is 12.0. The summed E-state index contributed by atoms with van der Waals surface area (Å²) in [5, 5.41) is 8.64. The van der Waals surface area contributed by atoms with Crippen molar-refractivity contribution in [2.24, 2.45) is 0 Å². The third-order valence-electron chi connectivity index (χ3n) is 2.35. The van der Waals surface area contributed by atoms with Crippen molar-refractivity contribution >= 4 is 26.0 Å². The molecule has 0 aromatic heterocycles. The third kappa shape index (κ3) is 4.75. The average Bonchev–Trinajstić information content (AvgIpc) is 2.29. The van der Waals surface area contributed by atoms with Crippen molar-refractivity contribution in [2.75, 3.05) is 19.4 Å². The third-order valence-corrected chi connectivity index (χ3v) is 4.77. The van der Waals surface area contributed by atoms with E-state index in [0.29, 0.717) is 6.54 Å². The molecule has 0 radical (unpaired) electrons. The first-order valence-electron chi connectivity index (χ1n) is 5.25. The van der Waals surface area contributed by atoms with Crippen molar-refractivity contribution in [2.45, 2.75) is 13.0 Å². The highest BCUT2D eigenvalue weighted by atomic mass is 79.9. The molecule has 4 nitrogen and oxygen atoms in total. The highest BCUT2D eigenvalue weighted by Gasteiger charge is 2.17.